The molecule has 0 bridgehead atoms. The van der Waals surface area contributed by atoms with Crippen LogP contribution in [0, 0.1) is 5.21 Å². The third-order valence-corrected chi connectivity index (χ3v) is 2.39. The predicted molar refractivity (Wildman–Crippen MR) is 66.3 cm³/mol. The van der Waals surface area contributed by atoms with E-state index in [4.69, 9.17) is 4.74 Å². The Labute approximate surface area is 104 Å². The first-order valence-electron chi connectivity index (χ1n) is 5.33. The van der Waals surface area contributed by atoms with Crippen LogP contribution in [0.3, 0.4) is 0 Å². The molecule has 1 amide bonds. The zero-order valence-corrected chi connectivity index (χ0v) is 9.79. The van der Waals surface area contributed by atoms with E-state index in [0.717, 1.165) is 0 Å². The van der Waals surface area contributed by atoms with Crippen LogP contribution in [-0.4, -0.2) is 13.0 Å². The van der Waals surface area contributed by atoms with Crippen LogP contribution < -0.4 is 14.8 Å². The van der Waals surface area contributed by atoms with Crippen LogP contribution in [0.5, 0.6) is 5.75 Å². The van der Waals surface area contributed by atoms with Crippen LogP contribution in [0.25, 0.3) is 0 Å². The lowest BCUT2D eigenvalue weighted by molar-refractivity contribution is -0.605. The van der Waals surface area contributed by atoms with Crippen molar-refractivity contribution in [2.24, 2.45) is 0 Å². The lowest BCUT2D eigenvalue weighted by Gasteiger charge is -2.06. The van der Waals surface area contributed by atoms with Crippen LogP contribution in [0.1, 0.15) is 10.4 Å². The summed E-state index contributed by atoms with van der Waals surface area (Å²) < 4.78 is 5.69. The van der Waals surface area contributed by atoms with E-state index in [1.807, 2.05) is 0 Å². The van der Waals surface area contributed by atoms with Gasteiger partial charge < -0.3 is 15.3 Å². The zero-order chi connectivity index (χ0) is 13.0. The van der Waals surface area contributed by atoms with Gasteiger partial charge >= 0.3 is 0 Å². The largest absolute Gasteiger partial charge is 0.619 e. The van der Waals surface area contributed by atoms with Gasteiger partial charge in [-0.2, -0.15) is 4.73 Å². The highest BCUT2D eigenvalue weighted by Gasteiger charge is 2.07. The molecular weight excluding hydrogens is 232 g/mol. The normalized spacial score (nSPS) is 9.83. The number of aromatic nitrogens is 1. The molecule has 0 aliphatic heterocycles. The zero-order valence-electron chi connectivity index (χ0n) is 9.79. The highest BCUT2D eigenvalue weighted by molar-refractivity contribution is 6.04. The van der Waals surface area contributed by atoms with Crippen molar-refractivity contribution in [2.75, 3.05) is 12.4 Å². The number of nitrogens with one attached hydrogen (secondary N) is 1. The number of nitrogens with zero attached hydrogens (tertiary/aromatic N) is 1. The Morgan fingerprint density at radius 1 is 1.28 bits per heavy atom. The molecule has 1 aromatic heterocycles. The Hall–Kier alpha value is -2.56. The summed E-state index contributed by atoms with van der Waals surface area (Å²) in [5, 5.41) is 13.6. The first kappa shape index (κ1) is 11.9. The van der Waals surface area contributed by atoms with Crippen molar-refractivity contribution in [1.82, 2.24) is 0 Å². The van der Waals surface area contributed by atoms with Crippen LogP contribution in [0.15, 0.2) is 48.8 Å². The third-order valence-electron chi connectivity index (χ3n) is 2.39. The van der Waals surface area contributed by atoms with Crippen molar-refractivity contribution >= 4 is 11.6 Å². The molecule has 2 aromatic rings. The van der Waals surface area contributed by atoms with Crippen molar-refractivity contribution < 1.29 is 14.3 Å². The van der Waals surface area contributed by atoms with Gasteiger partial charge in [-0.1, -0.05) is 6.07 Å². The van der Waals surface area contributed by atoms with Crippen molar-refractivity contribution in [2.45, 2.75) is 0 Å². The molecule has 1 aromatic carbocycles. The molecule has 0 atom stereocenters. The van der Waals surface area contributed by atoms with Crippen molar-refractivity contribution in [3.05, 3.63) is 59.6 Å². The van der Waals surface area contributed by atoms with Gasteiger partial charge in [-0.15, -0.1) is 0 Å². The number of carbonyl (C=O) groups is 1. The van der Waals surface area contributed by atoms with Gasteiger partial charge in [-0.05, 0) is 12.1 Å². The molecule has 92 valence electrons. The van der Waals surface area contributed by atoms with Crippen molar-refractivity contribution in [3.63, 3.8) is 0 Å². The first-order valence-corrected chi connectivity index (χ1v) is 5.33. The number of carbonyl (C=O) groups excluding carboxylic acids is 1. The van der Waals surface area contributed by atoms with Crippen LogP contribution in [0.2, 0.25) is 0 Å². The summed E-state index contributed by atoms with van der Waals surface area (Å²) >= 11 is 0. The van der Waals surface area contributed by atoms with Gasteiger partial charge in [0.15, 0.2) is 12.4 Å². The van der Waals surface area contributed by atoms with E-state index in [9.17, 15) is 10.0 Å². The average Bonchev–Trinajstić information content (AvgIpc) is 2.39. The number of hydrogen-bond donors (Lipinski definition) is 1. The Kier molecular flexibility index (Phi) is 3.43. The SMILES string of the molecule is COc1cccc(NC(=O)c2cc[n+]([O-])cc2)c1. The standard InChI is InChI=1S/C13H12N2O3/c1-18-12-4-2-3-11(9-12)14-13(16)10-5-7-15(17)8-6-10/h2-9H,1H3,(H,14,16). The van der Waals surface area contributed by atoms with Gasteiger partial charge in [-0.25, -0.2) is 0 Å². The number of methoxy groups -OCH3 is 1. The molecule has 0 aliphatic rings. The Bertz CT molecular complexity index is 552. The number of pyridine rings is 1. The number of anilines is 1. The minimum Gasteiger partial charge on any atom is -0.619 e. The van der Waals surface area contributed by atoms with Gasteiger partial charge in [-0.3, -0.25) is 4.79 Å². The fourth-order valence-electron chi connectivity index (χ4n) is 1.47. The van der Waals surface area contributed by atoms with E-state index in [0.29, 0.717) is 21.7 Å². The summed E-state index contributed by atoms with van der Waals surface area (Å²) in [6.07, 6.45) is 2.56. The lowest BCUT2D eigenvalue weighted by atomic mass is 10.2. The molecule has 1 N–H and O–H groups in total. The molecule has 5 nitrogen and oxygen atoms in total. The minimum absolute atomic E-state index is 0.274. The summed E-state index contributed by atoms with van der Waals surface area (Å²) in [6.45, 7) is 0. The van der Waals surface area contributed by atoms with Gasteiger partial charge in [0.05, 0.1) is 12.7 Å². The molecule has 0 aliphatic carbocycles. The molecule has 0 unspecified atom stereocenters. The number of benzene rings is 1. The molecule has 0 spiro atoms. The van der Waals surface area contributed by atoms with Gasteiger partial charge in [0.2, 0.25) is 0 Å². The molecule has 5 heteroatoms. The molecular formula is C13H12N2O3. The molecule has 0 radical (unpaired) electrons. The smallest absolute Gasteiger partial charge is 0.256 e. The number of hydrogen-bond acceptors (Lipinski definition) is 3. The molecule has 18 heavy (non-hydrogen) atoms. The second kappa shape index (κ2) is 5.18. The number of ether oxygens (including phenoxy) is 1. The van der Waals surface area contributed by atoms with E-state index in [-0.39, 0.29) is 5.91 Å². The maximum Gasteiger partial charge on any atom is 0.256 e. The first-order chi connectivity index (χ1) is 8.69. The topological polar surface area (TPSA) is 65.3 Å². The predicted octanol–water partition coefficient (Wildman–Crippen LogP) is 1.58. The van der Waals surface area contributed by atoms with Crippen LogP contribution in [0.4, 0.5) is 5.69 Å². The maximum absolute atomic E-state index is 11.9. The Morgan fingerprint density at radius 2 is 2.00 bits per heavy atom. The summed E-state index contributed by atoms with van der Waals surface area (Å²) in [7, 11) is 1.56. The Balaban J connectivity index is 2.13. The fourth-order valence-corrected chi connectivity index (χ4v) is 1.47. The summed E-state index contributed by atoms with van der Waals surface area (Å²) in [5.41, 5.74) is 1.06. The number of amides is 1. The Morgan fingerprint density at radius 3 is 2.67 bits per heavy atom. The van der Waals surface area contributed by atoms with Crippen LogP contribution in [-0.2, 0) is 0 Å². The monoisotopic (exact) mass is 244 g/mol. The second-order valence-electron chi connectivity index (χ2n) is 3.63. The van der Waals surface area contributed by atoms with Crippen molar-refractivity contribution in [3.8, 4) is 5.75 Å². The molecule has 2 rings (SSSR count). The minimum atomic E-state index is -0.274. The highest BCUT2D eigenvalue weighted by Crippen LogP contribution is 2.17. The fraction of sp³-hybridized carbons (Fsp3) is 0.0769. The highest BCUT2D eigenvalue weighted by atomic mass is 16.5. The summed E-state index contributed by atoms with van der Waals surface area (Å²) in [5.74, 6) is 0.391. The third kappa shape index (κ3) is 2.76. The molecule has 0 fully saturated rings. The molecule has 0 saturated heterocycles. The summed E-state index contributed by atoms with van der Waals surface area (Å²) in [4.78, 5) is 11.9. The van der Waals surface area contributed by atoms with E-state index < -0.39 is 0 Å². The second-order valence-corrected chi connectivity index (χ2v) is 3.63. The van der Waals surface area contributed by atoms with E-state index in [1.165, 1.54) is 24.5 Å². The molecule has 1 heterocycles. The summed E-state index contributed by atoms with van der Waals surface area (Å²) in [6, 6.07) is 9.97. The van der Waals surface area contributed by atoms with Gasteiger partial charge in [0, 0.05) is 23.9 Å². The molecule has 0 saturated carbocycles. The number of rotatable bonds is 3. The van der Waals surface area contributed by atoms with Crippen LogP contribution >= 0.6 is 0 Å². The van der Waals surface area contributed by atoms with Gasteiger partial charge in [0.1, 0.15) is 5.75 Å². The lowest BCUT2D eigenvalue weighted by Crippen LogP contribution is -2.25. The van der Waals surface area contributed by atoms with E-state index >= 15 is 0 Å². The van der Waals surface area contributed by atoms with E-state index in [1.54, 1.807) is 31.4 Å². The maximum atomic E-state index is 11.9. The van der Waals surface area contributed by atoms with Crippen molar-refractivity contribution in [1.29, 1.82) is 0 Å². The van der Waals surface area contributed by atoms with Gasteiger partial charge in [0.25, 0.3) is 5.91 Å². The quantitative estimate of drug-likeness (QED) is 0.658. The van der Waals surface area contributed by atoms with E-state index in [2.05, 4.69) is 5.32 Å². The average molecular weight is 244 g/mol.